The molecule has 7 heteroatoms. The van der Waals surface area contributed by atoms with Crippen LogP contribution >= 0.6 is 0 Å². The molecule has 2 heterocycles. The van der Waals surface area contributed by atoms with Gasteiger partial charge in [0.15, 0.2) is 5.82 Å². The Hall–Kier alpha value is -4.00. The van der Waals surface area contributed by atoms with Crippen molar-refractivity contribution >= 4 is 11.6 Å². The molecule has 2 aromatic carbocycles. The van der Waals surface area contributed by atoms with E-state index in [0.29, 0.717) is 28.7 Å². The molecule has 4 rings (SSSR count). The summed E-state index contributed by atoms with van der Waals surface area (Å²) in [6, 6.07) is 17.9. The van der Waals surface area contributed by atoms with Crippen LogP contribution in [-0.2, 0) is 0 Å². The fourth-order valence-electron chi connectivity index (χ4n) is 2.97. The Morgan fingerprint density at radius 2 is 1.70 bits per heavy atom. The number of anilines is 1. The van der Waals surface area contributed by atoms with Gasteiger partial charge in [0.25, 0.3) is 5.91 Å². The number of carbonyl (C=O) groups is 1. The molecule has 0 atom stereocenters. The molecule has 0 aliphatic rings. The molecule has 1 amide bonds. The monoisotopic (exact) mass is 399 g/mol. The number of aromatic nitrogens is 4. The maximum atomic E-state index is 12.2. The Bertz CT molecular complexity index is 1180. The molecule has 0 spiro atoms. The highest BCUT2D eigenvalue weighted by Gasteiger charge is 2.11. The number of benzene rings is 2. The van der Waals surface area contributed by atoms with Gasteiger partial charge in [-0.15, -0.1) is 0 Å². The van der Waals surface area contributed by atoms with Crippen LogP contribution in [0.25, 0.3) is 5.82 Å². The molecular weight excluding hydrogens is 378 g/mol. The molecule has 30 heavy (non-hydrogen) atoms. The predicted molar refractivity (Wildman–Crippen MR) is 114 cm³/mol. The molecule has 150 valence electrons. The number of nitrogens with one attached hydrogen (secondary N) is 1. The normalized spacial score (nSPS) is 10.6. The first-order chi connectivity index (χ1) is 14.5. The average molecular weight is 399 g/mol. The zero-order valence-corrected chi connectivity index (χ0v) is 17.0. The van der Waals surface area contributed by atoms with Crippen molar-refractivity contribution in [3.05, 3.63) is 89.5 Å². The first kappa shape index (κ1) is 19.3. The minimum Gasteiger partial charge on any atom is -0.439 e. The van der Waals surface area contributed by atoms with E-state index < -0.39 is 0 Å². The maximum Gasteiger partial charge on any atom is 0.255 e. The van der Waals surface area contributed by atoms with Crippen LogP contribution in [0.3, 0.4) is 0 Å². The summed E-state index contributed by atoms with van der Waals surface area (Å²) in [4.78, 5) is 20.7. The van der Waals surface area contributed by atoms with Crippen LogP contribution in [0, 0.1) is 20.8 Å². The quantitative estimate of drug-likeness (QED) is 0.529. The van der Waals surface area contributed by atoms with Crippen molar-refractivity contribution in [1.29, 1.82) is 0 Å². The van der Waals surface area contributed by atoms with E-state index in [1.54, 1.807) is 47.1 Å². The molecule has 2 aromatic heterocycles. The van der Waals surface area contributed by atoms with Crippen molar-refractivity contribution in [3.8, 4) is 17.4 Å². The second-order valence-corrected chi connectivity index (χ2v) is 6.87. The van der Waals surface area contributed by atoms with Gasteiger partial charge in [-0.1, -0.05) is 18.2 Å². The average Bonchev–Trinajstić information content (AvgIpc) is 3.03. The third-order valence-corrected chi connectivity index (χ3v) is 4.87. The molecule has 0 aliphatic heterocycles. The smallest absolute Gasteiger partial charge is 0.255 e. The number of hydrogen-bond donors (Lipinski definition) is 1. The summed E-state index contributed by atoms with van der Waals surface area (Å²) in [6.07, 6.45) is 1.45. The van der Waals surface area contributed by atoms with E-state index in [1.165, 1.54) is 6.33 Å². The number of hydrogen-bond acceptors (Lipinski definition) is 5. The summed E-state index contributed by atoms with van der Waals surface area (Å²) in [5.41, 5.74) is 4.39. The Kier molecular flexibility index (Phi) is 5.26. The molecule has 4 aromatic rings. The van der Waals surface area contributed by atoms with Crippen LogP contribution in [0.4, 0.5) is 5.69 Å². The SMILES string of the molecule is Cc1nn(-c2cc(Oc3ccc(NC(=O)c4ccccc4)cc3)ncn2)c(C)c1C. The molecular formula is C23H21N5O2. The van der Waals surface area contributed by atoms with Gasteiger partial charge in [0.2, 0.25) is 5.88 Å². The third-order valence-electron chi connectivity index (χ3n) is 4.87. The summed E-state index contributed by atoms with van der Waals surface area (Å²) < 4.78 is 7.64. The Morgan fingerprint density at radius 3 is 2.37 bits per heavy atom. The van der Waals surface area contributed by atoms with Gasteiger partial charge in [-0.3, -0.25) is 4.79 Å². The van der Waals surface area contributed by atoms with E-state index in [4.69, 9.17) is 4.74 Å². The number of ether oxygens (including phenoxy) is 1. The zero-order chi connectivity index (χ0) is 21.1. The van der Waals surface area contributed by atoms with Crippen LogP contribution in [-0.4, -0.2) is 25.7 Å². The minimum atomic E-state index is -0.162. The van der Waals surface area contributed by atoms with Gasteiger partial charge >= 0.3 is 0 Å². The lowest BCUT2D eigenvalue weighted by atomic mass is 10.2. The molecule has 0 fully saturated rings. The van der Waals surface area contributed by atoms with Crippen molar-refractivity contribution < 1.29 is 9.53 Å². The van der Waals surface area contributed by atoms with Crippen LogP contribution in [0.5, 0.6) is 11.6 Å². The Balaban J connectivity index is 1.47. The number of nitrogens with zero attached hydrogens (tertiary/aromatic N) is 4. The number of aryl methyl sites for hydroxylation is 1. The van der Waals surface area contributed by atoms with Crippen molar-refractivity contribution in [3.63, 3.8) is 0 Å². The van der Waals surface area contributed by atoms with Gasteiger partial charge in [-0.05, 0) is 62.7 Å². The fourth-order valence-corrected chi connectivity index (χ4v) is 2.97. The van der Waals surface area contributed by atoms with Crippen LogP contribution in [0.1, 0.15) is 27.3 Å². The number of rotatable bonds is 5. The van der Waals surface area contributed by atoms with Crippen LogP contribution in [0.2, 0.25) is 0 Å². The summed E-state index contributed by atoms with van der Waals surface area (Å²) in [5, 5.41) is 7.38. The summed E-state index contributed by atoms with van der Waals surface area (Å²) in [5.74, 6) is 1.48. The van der Waals surface area contributed by atoms with Gasteiger partial charge in [0.05, 0.1) is 5.69 Å². The summed E-state index contributed by atoms with van der Waals surface area (Å²) in [7, 11) is 0. The van der Waals surface area contributed by atoms with E-state index >= 15 is 0 Å². The second-order valence-electron chi connectivity index (χ2n) is 6.87. The molecule has 0 unspecified atom stereocenters. The maximum absolute atomic E-state index is 12.2. The van der Waals surface area contributed by atoms with Crippen LogP contribution in [0.15, 0.2) is 67.0 Å². The van der Waals surface area contributed by atoms with Crippen molar-refractivity contribution in [2.75, 3.05) is 5.32 Å². The summed E-state index contributed by atoms with van der Waals surface area (Å²) in [6.45, 7) is 6.00. The van der Waals surface area contributed by atoms with Gasteiger partial charge in [0, 0.05) is 23.0 Å². The third kappa shape index (κ3) is 4.05. The standard InChI is InChI=1S/C23H21N5O2/c1-15-16(2)27-28(17(15)3)21-13-22(25-14-24-21)30-20-11-9-19(10-12-20)26-23(29)18-7-5-4-6-8-18/h4-14H,1-3H3,(H,26,29). The predicted octanol–water partition coefficient (Wildman–Crippen LogP) is 4.63. The zero-order valence-electron chi connectivity index (χ0n) is 17.0. The highest BCUT2D eigenvalue weighted by molar-refractivity contribution is 6.04. The second kappa shape index (κ2) is 8.16. The molecule has 1 N–H and O–H groups in total. The number of carbonyl (C=O) groups excluding carboxylic acids is 1. The van der Waals surface area contributed by atoms with Crippen LogP contribution < -0.4 is 10.1 Å². The molecule has 7 nitrogen and oxygen atoms in total. The molecule has 0 bridgehead atoms. The van der Waals surface area contributed by atoms with Crippen molar-refractivity contribution in [1.82, 2.24) is 19.7 Å². The lowest BCUT2D eigenvalue weighted by Crippen LogP contribution is -2.11. The van der Waals surface area contributed by atoms with E-state index in [2.05, 4.69) is 20.4 Å². The van der Waals surface area contributed by atoms with Crippen molar-refractivity contribution in [2.45, 2.75) is 20.8 Å². The summed E-state index contributed by atoms with van der Waals surface area (Å²) >= 11 is 0. The first-order valence-corrected chi connectivity index (χ1v) is 9.51. The topological polar surface area (TPSA) is 81.9 Å². The minimum absolute atomic E-state index is 0.162. The highest BCUT2D eigenvalue weighted by atomic mass is 16.5. The molecule has 0 saturated carbocycles. The van der Waals surface area contributed by atoms with Gasteiger partial charge in [-0.25, -0.2) is 14.6 Å². The molecule has 0 aliphatic carbocycles. The van der Waals surface area contributed by atoms with E-state index in [0.717, 1.165) is 17.0 Å². The number of amides is 1. The highest BCUT2D eigenvalue weighted by Crippen LogP contribution is 2.23. The first-order valence-electron chi connectivity index (χ1n) is 9.51. The lowest BCUT2D eigenvalue weighted by molar-refractivity contribution is 0.102. The van der Waals surface area contributed by atoms with Crippen molar-refractivity contribution in [2.24, 2.45) is 0 Å². The lowest BCUT2D eigenvalue weighted by Gasteiger charge is -2.09. The largest absolute Gasteiger partial charge is 0.439 e. The molecule has 0 radical (unpaired) electrons. The Morgan fingerprint density at radius 1 is 0.967 bits per heavy atom. The van der Waals surface area contributed by atoms with Gasteiger partial charge in [0.1, 0.15) is 12.1 Å². The van der Waals surface area contributed by atoms with Gasteiger partial charge in [-0.2, -0.15) is 5.10 Å². The van der Waals surface area contributed by atoms with E-state index in [-0.39, 0.29) is 5.91 Å². The fraction of sp³-hybridized carbons (Fsp3) is 0.130. The van der Waals surface area contributed by atoms with Gasteiger partial charge < -0.3 is 10.1 Å². The van der Waals surface area contributed by atoms with E-state index in [1.807, 2.05) is 39.0 Å². The molecule has 0 saturated heterocycles. The van der Waals surface area contributed by atoms with E-state index in [9.17, 15) is 4.79 Å². The Labute approximate surface area is 174 Å².